The fourth-order valence-electron chi connectivity index (χ4n) is 8.25. The van der Waals surface area contributed by atoms with Crippen LogP contribution in [-0.2, 0) is 0 Å². The highest BCUT2D eigenvalue weighted by Crippen LogP contribution is 2.38. The van der Waals surface area contributed by atoms with Gasteiger partial charge in [-0.1, -0.05) is 144 Å². The van der Waals surface area contributed by atoms with E-state index in [1.807, 2.05) is 0 Å². The van der Waals surface area contributed by atoms with Crippen molar-refractivity contribution in [2.24, 2.45) is 0 Å². The van der Waals surface area contributed by atoms with E-state index in [1.165, 1.54) is 77.3 Å². The van der Waals surface area contributed by atoms with E-state index in [2.05, 4.69) is 179 Å². The van der Waals surface area contributed by atoms with E-state index in [-0.39, 0.29) is 13.4 Å². The third kappa shape index (κ3) is 3.56. The Hall–Kier alpha value is -5.73. The van der Waals surface area contributed by atoms with Gasteiger partial charge in [0.05, 0.1) is 5.52 Å². The highest BCUT2D eigenvalue weighted by molar-refractivity contribution is 7.00. The van der Waals surface area contributed by atoms with Crippen molar-refractivity contribution in [2.75, 3.05) is 4.90 Å². The van der Waals surface area contributed by atoms with Gasteiger partial charge >= 0.3 is 0 Å². The Morgan fingerprint density at radius 1 is 0.370 bits per heavy atom. The Morgan fingerprint density at radius 2 is 0.913 bits per heavy atom. The van der Waals surface area contributed by atoms with E-state index < -0.39 is 0 Å². The molecule has 0 amide bonds. The average Bonchev–Trinajstić information content (AvgIpc) is 3.47. The predicted molar refractivity (Wildman–Crippen MR) is 198 cm³/mol. The Bertz CT molecular complexity index is 2430. The van der Waals surface area contributed by atoms with Crippen LogP contribution in [-0.4, -0.2) is 18.0 Å². The van der Waals surface area contributed by atoms with Crippen LogP contribution in [0.15, 0.2) is 170 Å². The van der Waals surface area contributed by atoms with Crippen molar-refractivity contribution in [1.29, 1.82) is 0 Å². The minimum atomic E-state index is 0.0994. The van der Waals surface area contributed by atoms with E-state index in [0.29, 0.717) is 0 Å². The highest BCUT2D eigenvalue weighted by Gasteiger charge is 2.40. The first-order chi connectivity index (χ1) is 22.9. The lowest BCUT2D eigenvalue weighted by Gasteiger charge is -2.39. The molecule has 0 bridgehead atoms. The summed E-state index contributed by atoms with van der Waals surface area (Å²) in [6, 6.07) is 62.7. The second kappa shape index (κ2) is 9.89. The van der Waals surface area contributed by atoms with Gasteiger partial charge in [-0.25, -0.2) is 0 Å². The molecule has 8 aromatic rings. The second-order valence-electron chi connectivity index (χ2n) is 12.5. The van der Waals surface area contributed by atoms with Gasteiger partial charge in [-0.2, -0.15) is 0 Å². The van der Waals surface area contributed by atoms with Crippen LogP contribution in [0.25, 0.3) is 27.5 Å². The lowest BCUT2D eigenvalue weighted by molar-refractivity contribution is 1.19. The molecule has 2 aliphatic rings. The summed E-state index contributed by atoms with van der Waals surface area (Å²) in [5.74, 6) is 0. The summed E-state index contributed by atoms with van der Waals surface area (Å²) in [5, 5.41) is 2.61. The molecule has 212 valence electrons. The summed E-state index contributed by atoms with van der Waals surface area (Å²) in [5.41, 5.74) is 15.4. The third-order valence-electron chi connectivity index (χ3n) is 10.1. The number of nitrogens with zero attached hydrogens (tertiary/aromatic N) is 2. The minimum Gasteiger partial charge on any atom is -0.312 e. The van der Waals surface area contributed by atoms with E-state index in [0.717, 1.165) is 0 Å². The van der Waals surface area contributed by atoms with E-state index in [1.54, 1.807) is 0 Å². The highest BCUT2D eigenvalue weighted by atomic mass is 15.2. The molecule has 2 aliphatic heterocycles. The maximum absolute atomic E-state index is 2.55. The Morgan fingerprint density at radius 3 is 1.67 bits per heavy atom. The summed E-state index contributed by atoms with van der Waals surface area (Å²) in [6.07, 6.45) is 0. The summed E-state index contributed by atoms with van der Waals surface area (Å²) in [6.45, 7) is 0.203. The largest absolute Gasteiger partial charge is 0.312 e. The zero-order valence-electron chi connectivity index (χ0n) is 25.2. The summed E-state index contributed by atoms with van der Waals surface area (Å²) >= 11 is 0. The van der Waals surface area contributed by atoms with Gasteiger partial charge in [0.2, 0.25) is 13.4 Å². The molecule has 0 saturated heterocycles. The van der Waals surface area contributed by atoms with Crippen LogP contribution >= 0.6 is 0 Å². The molecule has 3 heterocycles. The maximum Gasteiger partial charge on any atom is 0.246 e. The van der Waals surface area contributed by atoms with Crippen LogP contribution in [0.2, 0.25) is 0 Å². The molecule has 46 heavy (non-hydrogen) atoms. The first-order valence-corrected chi connectivity index (χ1v) is 16.1. The van der Waals surface area contributed by atoms with Gasteiger partial charge in [0.1, 0.15) is 0 Å². The number of hydrogen-bond donors (Lipinski definition) is 0. The van der Waals surface area contributed by atoms with Crippen molar-refractivity contribution in [2.45, 2.75) is 0 Å². The summed E-state index contributed by atoms with van der Waals surface area (Å²) in [7, 11) is 0. The summed E-state index contributed by atoms with van der Waals surface area (Å²) in [4.78, 5) is 2.48. The fourth-order valence-corrected chi connectivity index (χ4v) is 8.25. The zero-order chi connectivity index (χ0) is 30.2. The average molecular weight is 582 g/mol. The first kappa shape index (κ1) is 25.6. The van der Waals surface area contributed by atoms with Gasteiger partial charge in [0.25, 0.3) is 0 Å². The molecule has 0 unspecified atom stereocenters. The van der Waals surface area contributed by atoms with Gasteiger partial charge in [-0.15, -0.1) is 0 Å². The molecule has 1 aromatic heterocycles. The van der Waals surface area contributed by atoms with E-state index >= 15 is 0 Å². The SMILES string of the molecule is c1ccc(B2c3ccccc3N(c3ccccc3)c3cc4c(cc32)-n2c3ccccc3c3cccc(c32)B4c2ccccc2)cc1. The first-order valence-electron chi connectivity index (χ1n) is 16.1. The molecule has 0 saturated carbocycles. The maximum atomic E-state index is 2.55. The Balaban J connectivity index is 1.37. The van der Waals surface area contributed by atoms with Crippen LogP contribution < -0.4 is 37.7 Å². The normalized spacial score (nSPS) is 13.1. The number of rotatable bonds is 3. The van der Waals surface area contributed by atoms with Crippen LogP contribution in [0, 0.1) is 0 Å². The van der Waals surface area contributed by atoms with Gasteiger partial charge < -0.3 is 9.47 Å². The molecule has 0 spiro atoms. The molecule has 0 aliphatic carbocycles. The number of aromatic nitrogens is 1. The molecule has 0 fully saturated rings. The van der Waals surface area contributed by atoms with Gasteiger partial charge in [0, 0.05) is 39.0 Å². The van der Waals surface area contributed by atoms with Crippen molar-refractivity contribution in [3.05, 3.63) is 170 Å². The smallest absolute Gasteiger partial charge is 0.246 e. The second-order valence-corrected chi connectivity index (χ2v) is 12.5. The number of anilines is 3. The topological polar surface area (TPSA) is 8.17 Å². The summed E-state index contributed by atoms with van der Waals surface area (Å²) < 4.78 is 2.55. The quantitative estimate of drug-likeness (QED) is 0.235. The van der Waals surface area contributed by atoms with Crippen molar-refractivity contribution in [1.82, 2.24) is 4.57 Å². The van der Waals surface area contributed by atoms with Crippen molar-refractivity contribution >= 4 is 85.1 Å². The standard InChI is InChI=1S/C42H28B2N2/c1-4-15-29(16-5-1)43-34-23-11-13-26-39(34)45(31-19-8-3-9-20-31)40-27-37-41(28-36(40)43)46-38-25-12-10-21-32(38)33-22-14-24-35(42(33)46)44(37)30-17-6-2-7-18-30/h1-28H. The molecular formula is C42H28B2N2. The van der Waals surface area contributed by atoms with Crippen LogP contribution in [0.5, 0.6) is 0 Å². The van der Waals surface area contributed by atoms with Crippen LogP contribution in [0.3, 0.4) is 0 Å². The number of para-hydroxylation sites is 4. The number of benzene rings is 7. The van der Waals surface area contributed by atoms with Gasteiger partial charge in [-0.05, 0) is 58.2 Å². The van der Waals surface area contributed by atoms with E-state index in [4.69, 9.17) is 0 Å². The fraction of sp³-hybridized carbons (Fsp3) is 0. The Labute approximate surface area is 269 Å². The molecule has 7 aromatic carbocycles. The van der Waals surface area contributed by atoms with Crippen molar-refractivity contribution in [3.8, 4) is 5.69 Å². The van der Waals surface area contributed by atoms with Gasteiger partial charge in [0.15, 0.2) is 0 Å². The molecule has 4 heteroatoms. The van der Waals surface area contributed by atoms with E-state index in [9.17, 15) is 0 Å². The van der Waals surface area contributed by atoms with Gasteiger partial charge in [-0.3, -0.25) is 0 Å². The zero-order valence-corrected chi connectivity index (χ0v) is 25.2. The molecule has 10 rings (SSSR count). The minimum absolute atomic E-state index is 0.0994. The lowest BCUT2D eigenvalue weighted by Crippen LogP contribution is -2.60. The third-order valence-corrected chi connectivity index (χ3v) is 10.1. The monoisotopic (exact) mass is 582 g/mol. The lowest BCUT2D eigenvalue weighted by atomic mass is 9.33. The number of hydrogen-bond acceptors (Lipinski definition) is 1. The molecule has 2 nitrogen and oxygen atoms in total. The number of fused-ring (bicyclic) bond motifs is 7. The molecule has 0 atom stereocenters. The van der Waals surface area contributed by atoms with Crippen LogP contribution in [0.4, 0.5) is 17.1 Å². The molecule has 0 N–H and O–H groups in total. The predicted octanol–water partition coefficient (Wildman–Crippen LogP) is 5.91. The van der Waals surface area contributed by atoms with Crippen molar-refractivity contribution in [3.63, 3.8) is 0 Å². The van der Waals surface area contributed by atoms with Crippen molar-refractivity contribution < 1.29 is 0 Å². The van der Waals surface area contributed by atoms with Crippen LogP contribution in [0.1, 0.15) is 0 Å². The molecular weight excluding hydrogens is 554 g/mol. The molecule has 0 radical (unpaired) electrons. The Kier molecular flexibility index (Phi) is 5.50.